The van der Waals surface area contributed by atoms with E-state index in [1.165, 1.54) is 0 Å². The van der Waals surface area contributed by atoms with Crippen LogP contribution in [0.1, 0.15) is 47.6 Å². The highest BCUT2D eigenvalue weighted by atomic mass is 79.9. The van der Waals surface area contributed by atoms with Gasteiger partial charge in [-0.05, 0) is 92.6 Å². The molecule has 0 aliphatic rings. The molecule has 0 N–H and O–H groups in total. The van der Waals surface area contributed by atoms with Crippen molar-refractivity contribution in [3.8, 4) is 34.5 Å². The number of aromatic nitrogens is 3. The zero-order valence-corrected chi connectivity index (χ0v) is 33.6. The van der Waals surface area contributed by atoms with E-state index in [1.807, 2.05) is 60.8 Å². The van der Waals surface area contributed by atoms with Crippen LogP contribution >= 0.6 is 15.9 Å². The van der Waals surface area contributed by atoms with Gasteiger partial charge in [0.15, 0.2) is 11.6 Å². The lowest BCUT2D eigenvalue weighted by Gasteiger charge is -2.29. The molecule has 6 aromatic rings. The summed E-state index contributed by atoms with van der Waals surface area (Å²) in [5, 5.41) is 0. The lowest BCUT2D eigenvalue weighted by molar-refractivity contribution is 0.414. The number of ether oxygens (including phenoxy) is 5. The van der Waals surface area contributed by atoms with Gasteiger partial charge in [0.1, 0.15) is 33.4 Å². The van der Waals surface area contributed by atoms with Gasteiger partial charge in [0.2, 0.25) is 5.95 Å². The number of hydrogen-bond donors (Lipinski definition) is 0. The molecule has 6 rings (SSSR count). The highest BCUT2D eigenvalue weighted by molar-refractivity contribution is 9.10. The SMILES string of the molecule is COc1ccc(CN(Cc2ccc(OC)cc2)c2ncc(Oc3cc(Br)ncc3C(C)C)c(N(Cc3ccc(OC)cc3)Cc3ccc(OC)cc3)n2)cc1. The molecule has 0 spiro atoms. The number of rotatable bonds is 17. The Labute approximate surface area is 331 Å². The summed E-state index contributed by atoms with van der Waals surface area (Å²) in [6.07, 6.45) is 3.62. The standard InChI is InChI=1S/C44H46BrN5O5/c1-30(2)39-24-46-42(45)23-40(39)55-41-25-47-44(50(28-33-11-19-37(53-5)20-12-33)29-34-13-21-38(54-6)22-14-34)48-43(41)49(26-31-7-15-35(51-3)16-8-31)27-32-9-17-36(52-4)18-10-32/h7-25,30H,26-29H2,1-6H3. The van der Waals surface area contributed by atoms with E-state index < -0.39 is 0 Å². The van der Waals surface area contributed by atoms with Crippen LogP contribution in [-0.4, -0.2) is 43.4 Å². The lowest BCUT2D eigenvalue weighted by atomic mass is 10.1. The minimum absolute atomic E-state index is 0.165. The van der Waals surface area contributed by atoms with Crippen molar-refractivity contribution in [2.24, 2.45) is 0 Å². The summed E-state index contributed by atoms with van der Waals surface area (Å²) in [7, 11) is 6.68. The first kappa shape index (κ1) is 38.9. The summed E-state index contributed by atoms with van der Waals surface area (Å²) < 4.78 is 29.3. The Hall–Kier alpha value is -5.81. The Kier molecular flexibility index (Phi) is 13.1. The van der Waals surface area contributed by atoms with E-state index in [0.29, 0.717) is 54.0 Å². The predicted octanol–water partition coefficient (Wildman–Crippen LogP) is 10.00. The van der Waals surface area contributed by atoms with Gasteiger partial charge in [-0.25, -0.2) is 9.97 Å². The van der Waals surface area contributed by atoms with Crippen LogP contribution in [0.3, 0.4) is 0 Å². The van der Waals surface area contributed by atoms with Gasteiger partial charge in [-0.1, -0.05) is 62.4 Å². The first-order valence-electron chi connectivity index (χ1n) is 18.0. The molecule has 2 heterocycles. The van der Waals surface area contributed by atoms with Crippen LogP contribution in [-0.2, 0) is 26.2 Å². The number of halogens is 1. The molecule has 0 unspecified atom stereocenters. The number of anilines is 2. The monoisotopic (exact) mass is 803 g/mol. The van der Waals surface area contributed by atoms with Crippen molar-refractivity contribution < 1.29 is 23.7 Å². The minimum atomic E-state index is 0.165. The fourth-order valence-corrected chi connectivity index (χ4v) is 6.39. The second-order valence-electron chi connectivity index (χ2n) is 13.3. The third-order valence-corrected chi connectivity index (χ3v) is 9.57. The molecule has 0 saturated carbocycles. The molecule has 0 amide bonds. The van der Waals surface area contributed by atoms with Crippen LogP contribution in [0, 0.1) is 0 Å². The highest BCUT2D eigenvalue weighted by Crippen LogP contribution is 2.38. The van der Waals surface area contributed by atoms with E-state index in [2.05, 4.69) is 93.1 Å². The summed E-state index contributed by atoms with van der Waals surface area (Å²) in [6.45, 7) is 6.37. The van der Waals surface area contributed by atoms with E-state index in [1.54, 1.807) is 34.6 Å². The van der Waals surface area contributed by atoms with Crippen molar-refractivity contribution in [1.29, 1.82) is 0 Å². The Bertz CT molecular complexity index is 2030. The molecule has 2 aromatic heterocycles. The molecule has 284 valence electrons. The molecule has 0 radical (unpaired) electrons. The molecule has 0 aliphatic heterocycles. The fourth-order valence-electron chi connectivity index (χ4n) is 6.08. The molecule has 4 aromatic carbocycles. The molecule has 0 fully saturated rings. The van der Waals surface area contributed by atoms with E-state index in [0.717, 1.165) is 50.8 Å². The zero-order chi connectivity index (χ0) is 38.7. The summed E-state index contributed by atoms with van der Waals surface area (Å²) in [4.78, 5) is 19.2. The van der Waals surface area contributed by atoms with Crippen LogP contribution in [0.2, 0.25) is 0 Å². The van der Waals surface area contributed by atoms with Crippen LogP contribution < -0.4 is 33.5 Å². The van der Waals surface area contributed by atoms with Gasteiger partial charge in [-0.3, -0.25) is 0 Å². The predicted molar refractivity (Wildman–Crippen MR) is 220 cm³/mol. The number of methoxy groups -OCH3 is 4. The average Bonchev–Trinajstić information content (AvgIpc) is 3.21. The maximum atomic E-state index is 6.81. The third kappa shape index (κ3) is 10.2. The maximum absolute atomic E-state index is 6.81. The van der Waals surface area contributed by atoms with Gasteiger partial charge < -0.3 is 33.5 Å². The summed E-state index contributed by atoms with van der Waals surface area (Å²) >= 11 is 3.55. The molecule has 0 aliphatic carbocycles. The Balaban J connectivity index is 1.49. The van der Waals surface area contributed by atoms with Crippen molar-refractivity contribution >= 4 is 27.7 Å². The molecular formula is C44H46BrN5O5. The van der Waals surface area contributed by atoms with Crippen molar-refractivity contribution in [1.82, 2.24) is 15.0 Å². The van der Waals surface area contributed by atoms with Crippen molar-refractivity contribution in [2.45, 2.75) is 45.9 Å². The van der Waals surface area contributed by atoms with E-state index in [9.17, 15) is 0 Å². The molecule has 11 heteroatoms. The Morgan fingerprint density at radius 3 is 1.31 bits per heavy atom. The number of pyridine rings is 1. The fraction of sp³-hybridized carbons (Fsp3) is 0.250. The summed E-state index contributed by atoms with van der Waals surface area (Å²) in [5.41, 5.74) is 5.27. The molecule has 0 saturated heterocycles. The first-order valence-corrected chi connectivity index (χ1v) is 18.8. The molecule has 0 bridgehead atoms. The van der Waals surface area contributed by atoms with Gasteiger partial charge in [-0.15, -0.1) is 0 Å². The van der Waals surface area contributed by atoms with Gasteiger partial charge in [0.25, 0.3) is 0 Å². The molecule has 0 atom stereocenters. The van der Waals surface area contributed by atoms with Crippen molar-refractivity contribution in [3.05, 3.63) is 148 Å². The van der Waals surface area contributed by atoms with Gasteiger partial charge >= 0.3 is 0 Å². The quantitative estimate of drug-likeness (QED) is 0.0830. The van der Waals surface area contributed by atoms with E-state index in [4.69, 9.17) is 33.7 Å². The third-order valence-electron chi connectivity index (χ3n) is 9.14. The zero-order valence-electron chi connectivity index (χ0n) is 32.0. The molecule has 10 nitrogen and oxygen atoms in total. The van der Waals surface area contributed by atoms with E-state index in [-0.39, 0.29) is 5.92 Å². The first-order chi connectivity index (χ1) is 26.7. The average molecular weight is 805 g/mol. The highest BCUT2D eigenvalue weighted by Gasteiger charge is 2.23. The largest absolute Gasteiger partial charge is 0.497 e. The van der Waals surface area contributed by atoms with Crippen molar-refractivity contribution in [3.63, 3.8) is 0 Å². The van der Waals surface area contributed by atoms with Gasteiger partial charge in [-0.2, -0.15) is 4.98 Å². The topological polar surface area (TPSA) is 91.3 Å². The second-order valence-corrected chi connectivity index (χ2v) is 14.1. The number of nitrogens with zero attached hydrogens (tertiary/aromatic N) is 5. The Morgan fingerprint density at radius 2 is 0.927 bits per heavy atom. The lowest BCUT2D eigenvalue weighted by Crippen LogP contribution is -2.28. The second kappa shape index (κ2) is 18.5. The van der Waals surface area contributed by atoms with Gasteiger partial charge in [0, 0.05) is 44.0 Å². The molecule has 55 heavy (non-hydrogen) atoms. The summed E-state index contributed by atoms with van der Waals surface area (Å²) in [6, 6.07) is 34.2. The number of benzene rings is 4. The number of hydrogen-bond acceptors (Lipinski definition) is 10. The smallest absolute Gasteiger partial charge is 0.228 e. The Morgan fingerprint density at radius 1 is 0.527 bits per heavy atom. The minimum Gasteiger partial charge on any atom is -0.497 e. The molecular weight excluding hydrogens is 758 g/mol. The van der Waals surface area contributed by atoms with Crippen LogP contribution in [0.5, 0.6) is 34.5 Å². The normalized spacial score (nSPS) is 10.9. The van der Waals surface area contributed by atoms with Crippen molar-refractivity contribution in [2.75, 3.05) is 38.2 Å². The summed E-state index contributed by atoms with van der Waals surface area (Å²) in [5.74, 6) is 5.70. The van der Waals surface area contributed by atoms with Crippen LogP contribution in [0.15, 0.2) is 120 Å². The maximum Gasteiger partial charge on any atom is 0.228 e. The van der Waals surface area contributed by atoms with Crippen LogP contribution in [0.25, 0.3) is 0 Å². The van der Waals surface area contributed by atoms with Crippen LogP contribution in [0.4, 0.5) is 11.8 Å². The van der Waals surface area contributed by atoms with Gasteiger partial charge in [0.05, 0.1) is 34.6 Å². The van der Waals surface area contributed by atoms with E-state index >= 15 is 0 Å².